The average Bonchev–Trinajstić information content (AvgIpc) is 3.07. The van der Waals surface area contributed by atoms with Gasteiger partial charge in [-0.15, -0.1) is 0 Å². The van der Waals surface area contributed by atoms with Crippen LogP contribution in [-0.2, 0) is 6.42 Å². The van der Waals surface area contributed by atoms with Crippen LogP contribution >= 0.6 is 0 Å². The Bertz CT molecular complexity index is 1030. The highest BCUT2D eigenvalue weighted by molar-refractivity contribution is 5.97. The number of hydrogen-bond donors (Lipinski definition) is 3. The number of carbonyl (C=O) groups excluding carboxylic acids is 1. The Labute approximate surface area is 168 Å². The Morgan fingerprint density at radius 1 is 1.21 bits per heavy atom. The van der Waals surface area contributed by atoms with Crippen LogP contribution in [0.2, 0.25) is 0 Å². The zero-order valence-corrected chi connectivity index (χ0v) is 16.3. The molecule has 0 atom stereocenters. The fourth-order valence-corrected chi connectivity index (χ4v) is 4.07. The molecular formula is C22H26N4O3. The van der Waals surface area contributed by atoms with Crippen molar-refractivity contribution < 1.29 is 9.90 Å². The number of benzene rings is 1. The Morgan fingerprint density at radius 3 is 2.79 bits per heavy atom. The molecule has 0 radical (unpaired) electrons. The number of aliphatic hydroxyl groups is 1. The van der Waals surface area contributed by atoms with Crippen LogP contribution in [0.3, 0.4) is 0 Å². The molecule has 1 fully saturated rings. The van der Waals surface area contributed by atoms with Gasteiger partial charge in [-0.25, -0.2) is 4.79 Å². The van der Waals surface area contributed by atoms with Crippen molar-refractivity contribution in [1.29, 1.82) is 0 Å². The molecular weight excluding hydrogens is 368 g/mol. The van der Waals surface area contributed by atoms with Gasteiger partial charge in [0.25, 0.3) is 5.91 Å². The van der Waals surface area contributed by atoms with Gasteiger partial charge in [0.05, 0.1) is 17.1 Å². The van der Waals surface area contributed by atoms with Gasteiger partial charge < -0.3 is 15.4 Å². The fraction of sp³-hybridized carbons (Fsp3) is 0.409. The molecule has 0 unspecified atom stereocenters. The second-order valence-electron chi connectivity index (χ2n) is 7.67. The summed E-state index contributed by atoms with van der Waals surface area (Å²) < 4.78 is 1.77. The smallest absolute Gasteiger partial charge is 0.326 e. The number of imidazole rings is 1. The van der Waals surface area contributed by atoms with E-state index in [2.05, 4.69) is 15.3 Å². The monoisotopic (exact) mass is 394 g/mol. The largest absolute Gasteiger partial charge is 0.393 e. The summed E-state index contributed by atoms with van der Waals surface area (Å²) in [5.41, 5.74) is 2.86. The number of aromatic nitrogens is 3. The third-order valence-corrected chi connectivity index (χ3v) is 5.63. The van der Waals surface area contributed by atoms with Gasteiger partial charge in [0.15, 0.2) is 0 Å². The SMILES string of the molecule is O=C(NCCCc1ccccn1)c1ccc2c(c1)[nH]c(=O)n2C1CCC(O)CC1. The van der Waals surface area contributed by atoms with E-state index < -0.39 is 0 Å². The highest BCUT2D eigenvalue weighted by atomic mass is 16.3. The number of fused-ring (bicyclic) bond motifs is 1. The third-order valence-electron chi connectivity index (χ3n) is 5.63. The predicted molar refractivity (Wildman–Crippen MR) is 111 cm³/mol. The van der Waals surface area contributed by atoms with Crippen LogP contribution in [0.15, 0.2) is 47.4 Å². The molecule has 152 valence electrons. The molecule has 2 aromatic heterocycles. The quantitative estimate of drug-likeness (QED) is 0.560. The van der Waals surface area contributed by atoms with E-state index in [4.69, 9.17) is 0 Å². The van der Waals surface area contributed by atoms with Crippen LogP contribution in [0.5, 0.6) is 0 Å². The first-order chi connectivity index (χ1) is 14.1. The van der Waals surface area contributed by atoms with Crippen LogP contribution in [0, 0.1) is 0 Å². The minimum absolute atomic E-state index is 0.0888. The van der Waals surface area contributed by atoms with Crippen molar-refractivity contribution in [3.8, 4) is 0 Å². The van der Waals surface area contributed by atoms with Gasteiger partial charge in [-0.2, -0.15) is 0 Å². The first-order valence-electron chi connectivity index (χ1n) is 10.2. The van der Waals surface area contributed by atoms with Gasteiger partial charge in [-0.05, 0) is 68.9 Å². The molecule has 1 aliphatic carbocycles. The molecule has 29 heavy (non-hydrogen) atoms. The molecule has 7 nitrogen and oxygen atoms in total. The van der Waals surface area contributed by atoms with Crippen molar-refractivity contribution >= 4 is 16.9 Å². The maximum Gasteiger partial charge on any atom is 0.326 e. The Kier molecular flexibility index (Phi) is 5.76. The van der Waals surface area contributed by atoms with Crippen molar-refractivity contribution in [2.24, 2.45) is 0 Å². The first kappa shape index (κ1) is 19.4. The summed E-state index contributed by atoms with van der Waals surface area (Å²) in [7, 11) is 0. The van der Waals surface area contributed by atoms with Gasteiger partial charge in [0.1, 0.15) is 0 Å². The topological polar surface area (TPSA) is 100 Å². The molecule has 0 aliphatic heterocycles. The number of rotatable bonds is 6. The number of H-pyrrole nitrogens is 1. The number of aliphatic hydroxyl groups excluding tert-OH is 1. The number of pyridine rings is 1. The number of aryl methyl sites for hydroxylation is 1. The third kappa shape index (κ3) is 4.40. The lowest BCUT2D eigenvalue weighted by atomic mass is 9.93. The number of hydrogen-bond acceptors (Lipinski definition) is 4. The van der Waals surface area contributed by atoms with E-state index in [0.717, 1.165) is 36.9 Å². The minimum atomic E-state index is -0.264. The highest BCUT2D eigenvalue weighted by Gasteiger charge is 2.24. The average molecular weight is 394 g/mol. The maximum absolute atomic E-state index is 12.5. The molecule has 0 bridgehead atoms. The van der Waals surface area contributed by atoms with E-state index in [0.29, 0.717) is 30.5 Å². The van der Waals surface area contributed by atoms with Crippen LogP contribution < -0.4 is 11.0 Å². The molecule has 1 saturated carbocycles. The summed E-state index contributed by atoms with van der Waals surface area (Å²) in [4.78, 5) is 32.1. The molecule has 0 spiro atoms. The number of amides is 1. The van der Waals surface area contributed by atoms with E-state index in [9.17, 15) is 14.7 Å². The summed E-state index contributed by atoms with van der Waals surface area (Å²) in [6.07, 6.45) is 6.12. The lowest BCUT2D eigenvalue weighted by Gasteiger charge is -2.26. The van der Waals surface area contributed by atoms with E-state index in [1.54, 1.807) is 22.9 Å². The van der Waals surface area contributed by atoms with Gasteiger partial charge in [-0.1, -0.05) is 6.07 Å². The fourth-order valence-electron chi connectivity index (χ4n) is 4.07. The molecule has 3 aromatic rings. The molecule has 3 N–H and O–H groups in total. The number of carbonyl (C=O) groups is 1. The molecule has 2 heterocycles. The molecule has 1 aromatic carbocycles. The van der Waals surface area contributed by atoms with Crippen LogP contribution in [0.1, 0.15) is 54.2 Å². The van der Waals surface area contributed by atoms with Gasteiger partial charge in [-0.3, -0.25) is 14.3 Å². The minimum Gasteiger partial charge on any atom is -0.393 e. The molecule has 1 aliphatic rings. The Hall–Kier alpha value is -2.93. The summed E-state index contributed by atoms with van der Waals surface area (Å²) in [5, 5.41) is 12.6. The van der Waals surface area contributed by atoms with E-state index in [1.165, 1.54) is 0 Å². The number of nitrogens with zero attached hydrogens (tertiary/aromatic N) is 2. The van der Waals surface area contributed by atoms with Crippen LogP contribution in [-0.4, -0.2) is 38.2 Å². The molecule has 4 rings (SSSR count). The second kappa shape index (κ2) is 8.61. The standard InChI is InChI=1S/C22H26N4O3/c27-18-9-7-17(8-10-18)26-20-11-6-15(14-19(20)25-22(26)29)21(28)24-13-3-5-16-4-1-2-12-23-16/h1-2,4,6,11-12,14,17-18,27H,3,5,7-10,13H2,(H,24,28)(H,25,29). The number of aromatic amines is 1. The molecule has 1 amide bonds. The van der Waals surface area contributed by atoms with Crippen molar-refractivity contribution in [2.45, 2.75) is 50.7 Å². The summed E-state index contributed by atoms with van der Waals surface area (Å²) >= 11 is 0. The van der Waals surface area contributed by atoms with E-state index in [1.807, 2.05) is 24.3 Å². The molecule has 0 saturated heterocycles. The lowest BCUT2D eigenvalue weighted by molar-refractivity contribution is 0.0953. The normalized spacial score (nSPS) is 19.3. The number of nitrogens with one attached hydrogen (secondary N) is 2. The predicted octanol–water partition coefficient (Wildman–Crippen LogP) is 2.56. The second-order valence-corrected chi connectivity index (χ2v) is 7.67. The van der Waals surface area contributed by atoms with Crippen molar-refractivity contribution in [3.63, 3.8) is 0 Å². The van der Waals surface area contributed by atoms with E-state index >= 15 is 0 Å². The van der Waals surface area contributed by atoms with Crippen molar-refractivity contribution in [3.05, 3.63) is 64.3 Å². The highest BCUT2D eigenvalue weighted by Crippen LogP contribution is 2.29. The van der Waals surface area contributed by atoms with Crippen molar-refractivity contribution in [1.82, 2.24) is 19.9 Å². The zero-order valence-electron chi connectivity index (χ0n) is 16.3. The maximum atomic E-state index is 12.5. The van der Waals surface area contributed by atoms with Gasteiger partial charge in [0.2, 0.25) is 0 Å². The lowest BCUT2D eigenvalue weighted by Crippen LogP contribution is -2.27. The zero-order chi connectivity index (χ0) is 20.2. The Morgan fingerprint density at radius 2 is 2.03 bits per heavy atom. The van der Waals surface area contributed by atoms with E-state index in [-0.39, 0.29) is 23.7 Å². The van der Waals surface area contributed by atoms with Crippen LogP contribution in [0.4, 0.5) is 0 Å². The summed E-state index contributed by atoms with van der Waals surface area (Å²) in [6, 6.07) is 11.2. The Balaban J connectivity index is 1.41. The first-order valence-corrected chi connectivity index (χ1v) is 10.2. The van der Waals surface area contributed by atoms with Gasteiger partial charge in [0, 0.05) is 30.0 Å². The summed E-state index contributed by atoms with van der Waals surface area (Å²) in [5.74, 6) is -0.151. The van der Waals surface area contributed by atoms with Gasteiger partial charge >= 0.3 is 5.69 Å². The molecule has 7 heteroatoms. The summed E-state index contributed by atoms with van der Waals surface area (Å²) in [6.45, 7) is 0.565. The van der Waals surface area contributed by atoms with Crippen LogP contribution in [0.25, 0.3) is 11.0 Å². The van der Waals surface area contributed by atoms with Crippen molar-refractivity contribution in [2.75, 3.05) is 6.54 Å².